The van der Waals surface area contributed by atoms with Crippen LogP contribution in [0.15, 0.2) is 54.6 Å². The minimum atomic E-state index is -4.57. The Labute approximate surface area is 130 Å². The lowest BCUT2D eigenvalue weighted by Crippen LogP contribution is -2.46. The Hall–Kier alpha value is -2.01. The number of amides is 1. The first-order valence-electron chi connectivity index (χ1n) is 6.54. The minimum absolute atomic E-state index is 0.177. The van der Waals surface area contributed by atoms with Crippen LogP contribution in [0, 0.1) is 0 Å². The van der Waals surface area contributed by atoms with E-state index in [0.29, 0.717) is 5.56 Å². The Balaban J connectivity index is 2.18. The summed E-state index contributed by atoms with van der Waals surface area (Å²) in [4.78, 5) is 11.9. The van der Waals surface area contributed by atoms with E-state index in [-0.39, 0.29) is 10.6 Å². The monoisotopic (exact) mass is 327 g/mol. The maximum absolute atomic E-state index is 13.2. The molecule has 0 spiro atoms. The average Bonchev–Trinajstić information content (AvgIpc) is 2.48. The highest BCUT2D eigenvalue weighted by Gasteiger charge is 2.41. The van der Waals surface area contributed by atoms with Crippen LogP contribution in [0.1, 0.15) is 15.9 Å². The first-order valence-corrected chi connectivity index (χ1v) is 6.92. The molecular weight excluding hydrogens is 315 g/mol. The van der Waals surface area contributed by atoms with E-state index in [1.807, 2.05) is 5.32 Å². The molecule has 0 aliphatic carbocycles. The maximum Gasteiger partial charge on any atom is 0.408 e. The molecule has 0 heterocycles. The lowest BCUT2D eigenvalue weighted by atomic mass is 10.0. The zero-order valence-electron chi connectivity index (χ0n) is 11.4. The molecule has 0 aromatic heterocycles. The van der Waals surface area contributed by atoms with Gasteiger partial charge in [-0.25, -0.2) is 0 Å². The fourth-order valence-electron chi connectivity index (χ4n) is 1.96. The summed E-state index contributed by atoms with van der Waals surface area (Å²) in [5.41, 5.74) is 0.510. The van der Waals surface area contributed by atoms with Crippen LogP contribution in [0.2, 0.25) is 5.02 Å². The average molecular weight is 328 g/mol. The number of benzene rings is 2. The highest BCUT2D eigenvalue weighted by molar-refractivity contribution is 6.31. The van der Waals surface area contributed by atoms with Crippen LogP contribution in [0.3, 0.4) is 0 Å². The number of nitrogens with one attached hydrogen (secondary N) is 1. The maximum atomic E-state index is 13.2. The molecule has 1 amide bonds. The van der Waals surface area contributed by atoms with Crippen LogP contribution in [-0.4, -0.2) is 18.1 Å². The predicted octanol–water partition coefficient (Wildman–Crippen LogP) is 4.24. The van der Waals surface area contributed by atoms with Gasteiger partial charge in [0.05, 0.1) is 0 Å². The molecule has 0 bridgehead atoms. The fraction of sp³-hybridized carbons (Fsp3) is 0.188. The van der Waals surface area contributed by atoms with Crippen LogP contribution in [0.25, 0.3) is 0 Å². The summed E-state index contributed by atoms with van der Waals surface area (Å²) in [6, 6.07) is 12.0. The lowest BCUT2D eigenvalue weighted by molar-refractivity contribution is -0.153. The molecule has 22 heavy (non-hydrogen) atoms. The smallest absolute Gasteiger partial charge is 0.340 e. The molecule has 2 rings (SSSR count). The van der Waals surface area contributed by atoms with Crippen molar-refractivity contribution in [3.05, 3.63) is 70.7 Å². The number of halogens is 4. The van der Waals surface area contributed by atoms with Crippen molar-refractivity contribution in [3.63, 3.8) is 0 Å². The number of hydrogen-bond acceptors (Lipinski definition) is 1. The van der Waals surface area contributed by atoms with Gasteiger partial charge in [0.15, 0.2) is 0 Å². The molecule has 0 aliphatic heterocycles. The Morgan fingerprint density at radius 1 is 1.05 bits per heavy atom. The second-order valence-electron chi connectivity index (χ2n) is 4.73. The summed E-state index contributed by atoms with van der Waals surface area (Å²) in [7, 11) is 0. The summed E-state index contributed by atoms with van der Waals surface area (Å²) >= 11 is 5.89. The van der Waals surface area contributed by atoms with E-state index in [2.05, 4.69) is 0 Å². The van der Waals surface area contributed by atoms with Crippen molar-refractivity contribution in [1.29, 1.82) is 0 Å². The van der Waals surface area contributed by atoms with E-state index in [9.17, 15) is 18.0 Å². The highest BCUT2D eigenvalue weighted by Crippen LogP contribution is 2.26. The second-order valence-corrected chi connectivity index (χ2v) is 5.14. The summed E-state index contributed by atoms with van der Waals surface area (Å²) in [5, 5.41) is 2.27. The van der Waals surface area contributed by atoms with Crippen LogP contribution in [0.4, 0.5) is 13.2 Å². The van der Waals surface area contributed by atoms with Gasteiger partial charge in [-0.2, -0.15) is 13.2 Å². The van der Waals surface area contributed by atoms with Crippen molar-refractivity contribution >= 4 is 17.5 Å². The van der Waals surface area contributed by atoms with E-state index in [1.165, 1.54) is 24.3 Å². The van der Waals surface area contributed by atoms with Crippen molar-refractivity contribution in [2.45, 2.75) is 18.6 Å². The molecule has 116 valence electrons. The quantitative estimate of drug-likeness (QED) is 0.894. The van der Waals surface area contributed by atoms with E-state index < -0.39 is 24.5 Å². The van der Waals surface area contributed by atoms with Crippen molar-refractivity contribution in [3.8, 4) is 0 Å². The van der Waals surface area contributed by atoms with Gasteiger partial charge < -0.3 is 5.32 Å². The van der Waals surface area contributed by atoms with E-state index in [1.54, 1.807) is 30.3 Å². The number of hydrogen-bond donors (Lipinski definition) is 1. The van der Waals surface area contributed by atoms with Crippen molar-refractivity contribution in [2.24, 2.45) is 0 Å². The highest BCUT2D eigenvalue weighted by atomic mass is 35.5. The molecule has 0 fully saturated rings. The van der Waals surface area contributed by atoms with Gasteiger partial charge in [-0.1, -0.05) is 48.0 Å². The molecule has 0 saturated heterocycles. The molecule has 0 aliphatic rings. The van der Waals surface area contributed by atoms with E-state index in [0.717, 1.165) is 0 Å². The Kier molecular flexibility index (Phi) is 5.08. The first-order chi connectivity index (χ1) is 10.4. The Morgan fingerprint density at radius 3 is 2.23 bits per heavy atom. The third kappa shape index (κ3) is 4.24. The number of rotatable bonds is 4. The van der Waals surface area contributed by atoms with Gasteiger partial charge in [-0.3, -0.25) is 4.79 Å². The number of alkyl halides is 3. The molecule has 1 N–H and O–H groups in total. The zero-order chi connectivity index (χ0) is 16.2. The van der Waals surface area contributed by atoms with Crippen LogP contribution >= 0.6 is 11.6 Å². The van der Waals surface area contributed by atoms with Gasteiger partial charge in [-0.15, -0.1) is 0 Å². The molecule has 1 atom stereocenters. The van der Waals surface area contributed by atoms with Crippen molar-refractivity contribution < 1.29 is 18.0 Å². The van der Waals surface area contributed by atoms with Gasteiger partial charge in [0.1, 0.15) is 6.04 Å². The molecule has 0 saturated carbocycles. The van der Waals surface area contributed by atoms with Crippen LogP contribution in [-0.2, 0) is 6.42 Å². The molecule has 0 radical (unpaired) electrons. The largest absolute Gasteiger partial charge is 0.408 e. The third-order valence-electron chi connectivity index (χ3n) is 3.12. The molecule has 2 aromatic rings. The van der Waals surface area contributed by atoms with E-state index in [4.69, 9.17) is 11.6 Å². The standard InChI is InChI=1S/C16H13ClF3NO/c17-13-9-5-4-8-12(13)10-14(16(18,19)20)21-15(22)11-6-2-1-3-7-11/h1-9,14H,10H2,(H,21,22)/t14-/m1/s1. The molecule has 6 heteroatoms. The van der Waals surface area contributed by atoms with Gasteiger partial charge in [0.2, 0.25) is 0 Å². The van der Waals surface area contributed by atoms with Crippen LogP contribution in [0.5, 0.6) is 0 Å². The molecular formula is C16H13ClF3NO. The summed E-state index contributed by atoms with van der Waals surface area (Å²) in [6.07, 6.45) is -4.98. The van der Waals surface area contributed by atoms with Crippen molar-refractivity contribution in [2.75, 3.05) is 0 Å². The SMILES string of the molecule is O=C(N[C@H](Cc1ccccc1Cl)C(F)(F)F)c1ccccc1. The van der Waals surface area contributed by atoms with Gasteiger partial charge >= 0.3 is 6.18 Å². The lowest BCUT2D eigenvalue weighted by Gasteiger charge is -2.22. The number of carbonyl (C=O) groups excluding carboxylic acids is 1. The predicted molar refractivity (Wildman–Crippen MR) is 78.9 cm³/mol. The number of carbonyl (C=O) groups is 1. The topological polar surface area (TPSA) is 29.1 Å². The summed E-state index contributed by atoms with van der Waals surface area (Å²) in [5.74, 6) is -0.769. The Morgan fingerprint density at radius 2 is 1.64 bits per heavy atom. The molecule has 2 nitrogen and oxygen atoms in total. The summed E-state index contributed by atoms with van der Waals surface area (Å²) in [6.45, 7) is 0. The van der Waals surface area contributed by atoms with Gasteiger partial charge in [0, 0.05) is 17.0 Å². The molecule has 0 unspecified atom stereocenters. The minimum Gasteiger partial charge on any atom is -0.340 e. The third-order valence-corrected chi connectivity index (χ3v) is 3.49. The van der Waals surface area contributed by atoms with Crippen LogP contribution < -0.4 is 5.32 Å². The molecule has 2 aromatic carbocycles. The first kappa shape index (κ1) is 16.4. The normalized spacial score (nSPS) is 12.7. The van der Waals surface area contributed by atoms with Crippen molar-refractivity contribution in [1.82, 2.24) is 5.32 Å². The van der Waals surface area contributed by atoms with E-state index >= 15 is 0 Å². The fourth-order valence-corrected chi connectivity index (χ4v) is 2.18. The summed E-state index contributed by atoms with van der Waals surface area (Å²) < 4.78 is 39.5. The second kappa shape index (κ2) is 6.83. The zero-order valence-corrected chi connectivity index (χ0v) is 12.2. The Bertz CT molecular complexity index is 643. The van der Waals surface area contributed by atoms with Gasteiger partial charge in [-0.05, 0) is 23.8 Å². The van der Waals surface area contributed by atoms with Gasteiger partial charge in [0.25, 0.3) is 5.91 Å².